The molecular weight excluding hydrogens is 519 g/mol. The summed E-state index contributed by atoms with van der Waals surface area (Å²) in [5.74, 6) is 0.975. The predicted octanol–water partition coefficient (Wildman–Crippen LogP) is 3.95. The number of rotatable bonds is 13. The maximum absolute atomic E-state index is 13.4. The highest BCUT2D eigenvalue weighted by atomic mass is 32.2. The molecule has 0 spiro atoms. The number of hydrogen-bond acceptors (Lipinski definition) is 6. The van der Waals surface area contributed by atoms with E-state index in [1.54, 1.807) is 0 Å². The third-order valence-electron chi connectivity index (χ3n) is 6.85. The van der Waals surface area contributed by atoms with Crippen LogP contribution >= 0.6 is 0 Å². The molecule has 8 nitrogen and oxygen atoms in total. The van der Waals surface area contributed by atoms with Crippen LogP contribution in [0.2, 0.25) is 0 Å². The van der Waals surface area contributed by atoms with Gasteiger partial charge in [0.1, 0.15) is 11.6 Å². The Bertz CT molecular complexity index is 1190. The molecule has 2 unspecified atom stereocenters. The zero-order chi connectivity index (χ0) is 28.1. The quantitative estimate of drug-likeness (QED) is 0.345. The van der Waals surface area contributed by atoms with E-state index >= 15 is 0 Å². The van der Waals surface area contributed by atoms with Crippen LogP contribution < -0.4 is 20.7 Å². The van der Waals surface area contributed by atoms with E-state index in [9.17, 15) is 26.4 Å². The molecule has 1 heterocycles. The first kappa shape index (κ1) is 29.7. The van der Waals surface area contributed by atoms with Gasteiger partial charge < -0.3 is 16.4 Å². The second-order valence-electron chi connectivity index (χ2n) is 10.1. The van der Waals surface area contributed by atoms with Crippen LogP contribution in [0.15, 0.2) is 42.5 Å². The van der Waals surface area contributed by atoms with Crippen LogP contribution in [-0.4, -0.2) is 57.4 Å². The second kappa shape index (κ2) is 12.3. The third kappa shape index (κ3) is 9.16. The Morgan fingerprint density at radius 3 is 2.47 bits per heavy atom. The van der Waals surface area contributed by atoms with Gasteiger partial charge in [-0.05, 0) is 55.2 Å². The van der Waals surface area contributed by atoms with Crippen LogP contribution in [0, 0.1) is 11.8 Å². The highest BCUT2D eigenvalue weighted by Crippen LogP contribution is 2.37. The average molecular weight is 556 g/mol. The topological polar surface area (TPSA) is 117 Å². The van der Waals surface area contributed by atoms with E-state index in [4.69, 9.17) is 5.73 Å². The van der Waals surface area contributed by atoms with Crippen molar-refractivity contribution in [1.82, 2.24) is 10.3 Å². The summed E-state index contributed by atoms with van der Waals surface area (Å²) in [4.78, 5) is 17.8. The van der Waals surface area contributed by atoms with Crippen LogP contribution in [0.5, 0.6) is 0 Å². The van der Waals surface area contributed by atoms with Crippen LogP contribution in [0.3, 0.4) is 0 Å². The molecular formula is C26H36F3N5O3S. The van der Waals surface area contributed by atoms with Gasteiger partial charge in [0.05, 0.1) is 6.26 Å². The minimum absolute atomic E-state index is 0.0700. The van der Waals surface area contributed by atoms with Crippen molar-refractivity contribution in [3.8, 4) is 0 Å². The molecule has 38 heavy (non-hydrogen) atoms. The molecule has 0 saturated heterocycles. The first-order valence-electron chi connectivity index (χ1n) is 12.6. The number of halogens is 3. The summed E-state index contributed by atoms with van der Waals surface area (Å²) in [6.45, 7) is 2.78. The van der Waals surface area contributed by atoms with Gasteiger partial charge in [0, 0.05) is 37.7 Å². The van der Waals surface area contributed by atoms with E-state index in [1.165, 1.54) is 19.2 Å². The molecule has 1 saturated carbocycles. The number of pyridine rings is 1. The molecule has 1 aromatic carbocycles. The van der Waals surface area contributed by atoms with Crippen molar-refractivity contribution in [2.45, 2.75) is 57.3 Å². The van der Waals surface area contributed by atoms with Gasteiger partial charge in [-0.25, -0.2) is 13.4 Å². The molecule has 1 fully saturated rings. The molecule has 1 aliphatic carbocycles. The summed E-state index contributed by atoms with van der Waals surface area (Å²) >= 11 is 0. The lowest BCUT2D eigenvalue weighted by molar-refractivity contribution is -0.135. The standard InChI is InChI=1S/C26H36F3N5O3S/c1-17-12-20(17)16-31-23-14-19(15-24(33-23)34(2)38(3,36)37)25(35)32-22(13-18-8-5-4-6-9-18)21(30)10-7-11-26(27,28)29/h4-6,8-9,14-15,17,20-22H,7,10-13,16,30H2,1-3H3,(H,31,33)(H,32,35)/t17?,20?,21-,22-/m0/s1. The number of hydrogen-bond donors (Lipinski definition) is 3. The van der Waals surface area contributed by atoms with Crippen molar-refractivity contribution in [3.63, 3.8) is 0 Å². The van der Waals surface area contributed by atoms with Crippen molar-refractivity contribution >= 4 is 27.6 Å². The number of nitrogens with one attached hydrogen (secondary N) is 2. The Kier molecular flexibility index (Phi) is 9.64. The molecule has 1 amide bonds. The Balaban J connectivity index is 1.83. The summed E-state index contributed by atoms with van der Waals surface area (Å²) in [6, 6.07) is 10.8. The Morgan fingerprint density at radius 1 is 1.24 bits per heavy atom. The summed E-state index contributed by atoms with van der Waals surface area (Å²) in [6.07, 6.45) is -2.87. The van der Waals surface area contributed by atoms with Gasteiger partial charge in [-0.1, -0.05) is 37.3 Å². The van der Waals surface area contributed by atoms with Crippen molar-refractivity contribution in [2.75, 3.05) is 29.5 Å². The highest BCUT2D eigenvalue weighted by Gasteiger charge is 2.32. The maximum atomic E-state index is 13.4. The van der Waals surface area contributed by atoms with E-state index < -0.39 is 40.6 Å². The van der Waals surface area contributed by atoms with Gasteiger partial charge >= 0.3 is 6.18 Å². The number of amides is 1. The van der Waals surface area contributed by atoms with Crippen molar-refractivity contribution < 1.29 is 26.4 Å². The van der Waals surface area contributed by atoms with E-state index in [-0.39, 0.29) is 24.2 Å². The van der Waals surface area contributed by atoms with E-state index in [1.807, 2.05) is 30.3 Å². The number of aromatic nitrogens is 1. The number of carbonyl (C=O) groups is 1. The fourth-order valence-corrected chi connectivity index (χ4v) is 4.59. The van der Waals surface area contributed by atoms with Crippen molar-refractivity contribution in [3.05, 3.63) is 53.6 Å². The first-order valence-corrected chi connectivity index (χ1v) is 14.4. The zero-order valence-electron chi connectivity index (χ0n) is 21.8. The van der Waals surface area contributed by atoms with Crippen LogP contribution in [0.1, 0.15) is 48.5 Å². The number of alkyl halides is 3. The smallest absolute Gasteiger partial charge is 0.370 e. The fraction of sp³-hybridized carbons (Fsp3) is 0.538. The molecule has 3 rings (SSSR count). The SMILES string of the molecule is CC1CC1CNc1cc(C(=O)N[C@@H](Cc2ccccc2)[C@@H](N)CCCC(F)(F)F)cc(N(C)S(C)(=O)=O)n1. The third-order valence-corrected chi connectivity index (χ3v) is 8.03. The van der Waals surface area contributed by atoms with E-state index in [0.29, 0.717) is 30.6 Å². The Morgan fingerprint density at radius 2 is 1.89 bits per heavy atom. The molecule has 4 N–H and O–H groups in total. The maximum Gasteiger partial charge on any atom is 0.389 e. The van der Waals surface area contributed by atoms with Crippen LogP contribution in [-0.2, 0) is 16.4 Å². The number of nitrogens with two attached hydrogens (primary N) is 1. The summed E-state index contributed by atoms with van der Waals surface area (Å²) in [7, 11) is -2.29. The number of carbonyl (C=O) groups excluding carboxylic acids is 1. The molecule has 0 radical (unpaired) electrons. The summed E-state index contributed by atoms with van der Waals surface area (Å²) in [5, 5.41) is 6.07. The van der Waals surface area contributed by atoms with Gasteiger partial charge in [0.25, 0.3) is 5.91 Å². The molecule has 1 aromatic heterocycles. The lowest BCUT2D eigenvalue weighted by Crippen LogP contribution is -2.49. The molecule has 1 aliphatic rings. The highest BCUT2D eigenvalue weighted by molar-refractivity contribution is 7.92. The van der Waals surface area contributed by atoms with Gasteiger partial charge in [-0.2, -0.15) is 13.2 Å². The normalized spacial score (nSPS) is 18.9. The molecule has 12 heteroatoms. The minimum Gasteiger partial charge on any atom is -0.370 e. The molecule has 2 aromatic rings. The number of anilines is 2. The number of benzene rings is 1. The molecule has 210 valence electrons. The van der Waals surface area contributed by atoms with Gasteiger partial charge in [-0.15, -0.1) is 0 Å². The largest absolute Gasteiger partial charge is 0.389 e. The monoisotopic (exact) mass is 555 g/mol. The lowest BCUT2D eigenvalue weighted by Gasteiger charge is -2.26. The Labute approximate surface area is 222 Å². The van der Waals surface area contributed by atoms with Crippen LogP contribution in [0.25, 0.3) is 0 Å². The Hall–Kier alpha value is -2.86. The van der Waals surface area contributed by atoms with Crippen molar-refractivity contribution in [1.29, 1.82) is 0 Å². The second-order valence-corrected chi connectivity index (χ2v) is 12.1. The predicted molar refractivity (Wildman–Crippen MR) is 143 cm³/mol. The number of nitrogens with zero attached hydrogens (tertiary/aromatic N) is 2. The summed E-state index contributed by atoms with van der Waals surface area (Å²) in [5.41, 5.74) is 7.33. The summed E-state index contributed by atoms with van der Waals surface area (Å²) < 4.78 is 63.3. The lowest BCUT2D eigenvalue weighted by atomic mass is 9.95. The van der Waals surface area contributed by atoms with Crippen molar-refractivity contribution in [2.24, 2.45) is 17.6 Å². The number of sulfonamides is 1. The van der Waals surface area contributed by atoms with Crippen LogP contribution in [0.4, 0.5) is 24.8 Å². The van der Waals surface area contributed by atoms with Gasteiger partial charge in [0.2, 0.25) is 10.0 Å². The molecule has 0 bridgehead atoms. The van der Waals surface area contributed by atoms with Gasteiger partial charge in [-0.3, -0.25) is 9.10 Å². The average Bonchev–Trinajstić information content (AvgIpc) is 3.55. The minimum atomic E-state index is -4.28. The molecule has 0 aliphatic heterocycles. The fourth-order valence-electron chi connectivity index (χ4n) is 4.16. The van der Waals surface area contributed by atoms with E-state index in [0.717, 1.165) is 22.5 Å². The van der Waals surface area contributed by atoms with Gasteiger partial charge in [0.15, 0.2) is 0 Å². The first-order chi connectivity index (χ1) is 17.7. The molecule has 4 atom stereocenters. The van der Waals surface area contributed by atoms with E-state index in [2.05, 4.69) is 22.5 Å². The zero-order valence-corrected chi connectivity index (χ0v) is 22.6.